The van der Waals surface area contributed by atoms with Crippen LogP contribution < -0.4 is 0 Å². The summed E-state index contributed by atoms with van der Waals surface area (Å²) >= 11 is 5.09. The lowest BCUT2D eigenvalue weighted by atomic mass is 10.0. The molecule has 0 aliphatic carbocycles. The van der Waals surface area contributed by atoms with Crippen molar-refractivity contribution in [2.75, 3.05) is 0 Å². The SMILES string of the molecule is Cc1ccc(C(=O)c2csc3ccccc23)cc1Br. The van der Waals surface area contributed by atoms with Crippen LogP contribution in [-0.4, -0.2) is 5.78 Å². The summed E-state index contributed by atoms with van der Waals surface area (Å²) in [5, 5.41) is 2.98. The largest absolute Gasteiger partial charge is 0.289 e. The van der Waals surface area contributed by atoms with Crippen LogP contribution >= 0.6 is 27.3 Å². The van der Waals surface area contributed by atoms with Gasteiger partial charge in [-0.1, -0.05) is 46.3 Å². The molecule has 0 radical (unpaired) electrons. The number of ketones is 1. The van der Waals surface area contributed by atoms with Crippen molar-refractivity contribution in [2.24, 2.45) is 0 Å². The number of hydrogen-bond acceptors (Lipinski definition) is 2. The minimum atomic E-state index is 0.0816. The van der Waals surface area contributed by atoms with Gasteiger partial charge in [0.05, 0.1) is 0 Å². The first-order chi connectivity index (χ1) is 9.16. The molecule has 1 nitrogen and oxygen atoms in total. The van der Waals surface area contributed by atoms with Crippen LogP contribution in [0.25, 0.3) is 10.1 Å². The molecule has 0 aliphatic heterocycles. The molecule has 0 fully saturated rings. The predicted octanol–water partition coefficient (Wildman–Crippen LogP) is 5.20. The van der Waals surface area contributed by atoms with Gasteiger partial charge in [-0.15, -0.1) is 11.3 Å². The predicted molar refractivity (Wildman–Crippen MR) is 84.1 cm³/mol. The fourth-order valence-corrected chi connectivity index (χ4v) is 3.36. The summed E-state index contributed by atoms with van der Waals surface area (Å²) in [5.74, 6) is 0.0816. The second-order valence-corrected chi connectivity index (χ2v) is 6.20. The number of carbonyl (C=O) groups excluding carboxylic acids is 1. The molecule has 94 valence electrons. The first-order valence-corrected chi connectivity index (χ1v) is 7.61. The molecule has 3 heteroatoms. The van der Waals surface area contributed by atoms with Crippen LogP contribution in [0.5, 0.6) is 0 Å². The van der Waals surface area contributed by atoms with Crippen LogP contribution in [0.4, 0.5) is 0 Å². The molecule has 0 saturated carbocycles. The molecule has 1 aromatic heterocycles. The molecule has 0 saturated heterocycles. The Balaban J connectivity index is 2.11. The number of halogens is 1. The van der Waals surface area contributed by atoms with Gasteiger partial charge in [0.2, 0.25) is 0 Å². The van der Waals surface area contributed by atoms with E-state index in [1.807, 2.05) is 54.8 Å². The summed E-state index contributed by atoms with van der Waals surface area (Å²) in [4.78, 5) is 12.6. The van der Waals surface area contributed by atoms with Gasteiger partial charge in [0.15, 0.2) is 5.78 Å². The monoisotopic (exact) mass is 330 g/mol. The van der Waals surface area contributed by atoms with E-state index in [2.05, 4.69) is 15.9 Å². The summed E-state index contributed by atoms with van der Waals surface area (Å²) in [5.41, 5.74) is 2.64. The quantitative estimate of drug-likeness (QED) is 0.590. The number of rotatable bonds is 2. The molecule has 0 amide bonds. The highest BCUT2D eigenvalue weighted by atomic mass is 79.9. The number of thiophene rings is 1. The Bertz CT molecular complexity index is 773. The molecule has 3 aromatic rings. The van der Waals surface area contributed by atoms with Gasteiger partial charge < -0.3 is 0 Å². The maximum atomic E-state index is 12.6. The van der Waals surface area contributed by atoms with E-state index in [1.54, 1.807) is 11.3 Å². The molecule has 2 aromatic carbocycles. The van der Waals surface area contributed by atoms with E-state index in [4.69, 9.17) is 0 Å². The summed E-state index contributed by atoms with van der Waals surface area (Å²) in [6.07, 6.45) is 0. The highest BCUT2D eigenvalue weighted by molar-refractivity contribution is 9.10. The minimum Gasteiger partial charge on any atom is -0.289 e. The van der Waals surface area contributed by atoms with Crippen molar-refractivity contribution in [1.82, 2.24) is 0 Å². The molecule has 0 N–H and O–H groups in total. The topological polar surface area (TPSA) is 17.1 Å². The minimum absolute atomic E-state index is 0.0816. The lowest BCUT2D eigenvalue weighted by Crippen LogP contribution is -2.00. The Labute approximate surface area is 124 Å². The molecule has 0 bridgehead atoms. The number of hydrogen-bond donors (Lipinski definition) is 0. The number of aryl methyl sites for hydroxylation is 1. The van der Waals surface area contributed by atoms with E-state index in [9.17, 15) is 4.79 Å². The lowest BCUT2D eigenvalue weighted by molar-refractivity contribution is 0.104. The second kappa shape index (κ2) is 4.91. The first kappa shape index (κ1) is 12.6. The number of fused-ring (bicyclic) bond motifs is 1. The third-order valence-corrected chi connectivity index (χ3v) is 4.98. The Kier molecular flexibility index (Phi) is 3.25. The molecule has 3 rings (SSSR count). The molecule has 1 heterocycles. The van der Waals surface area contributed by atoms with Gasteiger partial charge in [0.25, 0.3) is 0 Å². The van der Waals surface area contributed by atoms with Crippen molar-refractivity contribution in [1.29, 1.82) is 0 Å². The normalized spacial score (nSPS) is 10.8. The van der Waals surface area contributed by atoms with Crippen molar-refractivity contribution < 1.29 is 4.79 Å². The molecule has 0 unspecified atom stereocenters. The summed E-state index contributed by atoms with van der Waals surface area (Å²) in [6.45, 7) is 2.01. The highest BCUT2D eigenvalue weighted by Gasteiger charge is 2.14. The van der Waals surface area contributed by atoms with E-state index in [-0.39, 0.29) is 5.78 Å². The number of benzene rings is 2. The van der Waals surface area contributed by atoms with Crippen molar-refractivity contribution in [2.45, 2.75) is 6.92 Å². The number of carbonyl (C=O) groups is 1. The van der Waals surface area contributed by atoms with Gasteiger partial charge in [0, 0.05) is 31.1 Å². The molecule has 19 heavy (non-hydrogen) atoms. The highest BCUT2D eigenvalue weighted by Crippen LogP contribution is 2.28. The molecule has 0 spiro atoms. The van der Waals surface area contributed by atoms with Crippen LogP contribution in [0.3, 0.4) is 0 Å². The van der Waals surface area contributed by atoms with Gasteiger partial charge in [-0.2, -0.15) is 0 Å². The second-order valence-electron chi connectivity index (χ2n) is 4.44. The molecule has 0 aliphatic rings. The molecular formula is C16H11BrOS. The van der Waals surface area contributed by atoms with Crippen LogP contribution in [0.1, 0.15) is 21.5 Å². The van der Waals surface area contributed by atoms with E-state index in [0.29, 0.717) is 0 Å². The summed E-state index contributed by atoms with van der Waals surface area (Å²) < 4.78 is 2.12. The third kappa shape index (κ3) is 2.24. The molecular weight excluding hydrogens is 320 g/mol. The van der Waals surface area contributed by atoms with Crippen LogP contribution in [0.15, 0.2) is 52.3 Å². The Morgan fingerprint density at radius 1 is 1.16 bits per heavy atom. The van der Waals surface area contributed by atoms with Crippen molar-refractivity contribution >= 4 is 43.1 Å². The van der Waals surface area contributed by atoms with Gasteiger partial charge in [0.1, 0.15) is 0 Å². The summed E-state index contributed by atoms with van der Waals surface area (Å²) in [6, 6.07) is 13.8. The van der Waals surface area contributed by atoms with Crippen molar-refractivity contribution in [3.8, 4) is 0 Å². The van der Waals surface area contributed by atoms with Gasteiger partial charge in [-0.05, 0) is 24.6 Å². The smallest absolute Gasteiger partial charge is 0.194 e. The standard InChI is InChI=1S/C16H11BrOS/c1-10-6-7-11(8-14(10)17)16(18)13-9-19-15-5-3-2-4-12(13)15/h2-9H,1H3. The zero-order valence-electron chi connectivity index (χ0n) is 10.3. The average Bonchev–Trinajstić information content (AvgIpc) is 2.85. The van der Waals surface area contributed by atoms with E-state index in [0.717, 1.165) is 31.2 Å². The summed E-state index contributed by atoms with van der Waals surface area (Å²) in [7, 11) is 0. The van der Waals surface area contributed by atoms with Crippen molar-refractivity contribution in [3.05, 3.63) is 69.0 Å². The Hall–Kier alpha value is -1.45. The van der Waals surface area contributed by atoms with Crippen LogP contribution in [0.2, 0.25) is 0 Å². The van der Waals surface area contributed by atoms with Gasteiger partial charge >= 0.3 is 0 Å². The van der Waals surface area contributed by atoms with E-state index >= 15 is 0 Å². The zero-order valence-corrected chi connectivity index (χ0v) is 12.7. The van der Waals surface area contributed by atoms with Gasteiger partial charge in [-0.3, -0.25) is 4.79 Å². The first-order valence-electron chi connectivity index (χ1n) is 5.94. The average molecular weight is 331 g/mol. The zero-order chi connectivity index (χ0) is 13.4. The maximum Gasteiger partial charge on any atom is 0.194 e. The third-order valence-electron chi connectivity index (χ3n) is 3.16. The maximum absolute atomic E-state index is 12.6. The van der Waals surface area contributed by atoms with Crippen molar-refractivity contribution in [3.63, 3.8) is 0 Å². The fourth-order valence-electron chi connectivity index (χ4n) is 2.04. The van der Waals surface area contributed by atoms with E-state index < -0.39 is 0 Å². The fraction of sp³-hybridized carbons (Fsp3) is 0.0625. The van der Waals surface area contributed by atoms with Crippen LogP contribution in [-0.2, 0) is 0 Å². The van der Waals surface area contributed by atoms with Gasteiger partial charge in [-0.25, -0.2) is 0 Å². The molecule has 0 atom stereocenters. The Morgan fingerprint density at radius 3 is 2.74 bits per heavy atom. The van der Waals surface area contributed by atoms with Crippen LogP contribution in [0, 0.1) is 6.92 Å². The van der Waals surface area contributed by atoms with E-state index in [1.165, 1.54) is 0 Å². The lowest BCUT2D eigenvalue weighted by Gasteiger charge is -2.03. The Morgan fingerprint density at radius 2 is 1.95 bits per heavy atom.